The highest BCUT2D eigenvalue weighted by Crippen LogP contribution is 2.42. The third-order valence-electron chi connectivity index (χ3n) is 3.13. The standard InChI is InChI=1S/C12H11N3O8S2/c1-5(16)14-8-4-7-6(2-9(8)24(18,19)20)3-10(25(21,22)23)11(15-13)12(7)17/h2-4,13,17H,1H3,(H,14,16)(H,18,19,20)(H,21,22,23). The van der Waals surface area contributed by atoms with E-state index in [1.165, 1.54) is 0 Å². The van der Waals surface area contributed by atoms with Gasteiger partial charge in [0.05, 0.1) is 5.69 Å². The summed E-state index contributed by atoms with van der Waals surface area (Å²) in [4.78, 5) is 9.52. The molecule has 0 saturated heterocycles. The van der Waals surface area contributed by atoms with Crippen LogP contribution in [0.2, 0.25) is 0 Å². The molecule has 1 amide bonds. The number of phenolic OH excluding ortho intramolecular Hbond substituents is 1. The Morgan fingerprint density at radius 1 is 1.08 bits per heavy atom. The minimum absolute atomic E-state index is 0.172. The minimum atomic E-state index is -4.89. The highest BCUT2D eigenvalue weighted by Gasteiger charge is 2.25. The van der Waals surface area contributed by atoms with Crippen molar-refractivity contribution < 1.29 is 35.8 Å². The van der Waals surface area contributed by atoms with Crippen LogP contribution in [0.5, 0.6) is 5.75 Å². The van der Waals surface area contributed by atoms with E-state index >= 15 is 0 Å². The number of carbonyl (C=O) groups excluding carboxylic acids is 1. The van der Waals surface area contributed by atoms with Crippen LogP contribution in [0.4, 0.5) is 11.4 Å². The summed E-state index contributed by atoms with van der Waals surface area (Å²) < 4.78 is 64.2. The molecule has 0 heterocycles. The number of anilines is 1. The van der Waals surface area contributed by atoms with E-state index in [-0.39, 0.29) is 16.5 Å². The average Bonchev–Trinajstić information content (AvgIpc) is 2.44. The molecule has 25 heavy (non-hydrogen) atoms. The number of benzene rings is 2. The number of fused-ring (bicyclic) bond motifs is 1. The number of hydrogen-bond donors (Lipinski definition) is 5. The second kappa shape index (κ2) is 6.03. The van der Waals surface area contributed by atoms with Crippen molar-refractivity contribution in [1.82, 2.24) is 0 Å². The van der Waals surface area contributed by atoms with Crippen molar-refractivity contribution in [3.8, 4) is 5.75 Å². The first kappa shape index (κ1) is 18.7. The predicted octanol–water partition coefficient (Wildman–Crippen LogP) is 1.66. The lowest BCUT2D eigenvalue weighted by atomic mass is 10.1. The van der Waals surface area contributed by atoms with Crippen molar-refractivity contribution in [2.45, 2.75) is 16.7 Å². The second-order valence-electron chi connectivity index (χ2n) is 4.88. The number of hydrogen-bond acceptors (Lipinski definition) is 8. The largest absolute Gasteiger partial charge is 0.505 e. The Morgan fingerprint density at radius 3 is 2.04 bits per heavy atom. The molecule has 11 nitrogen and oxygen atoms in total. The Morgan fingerprint density at radius 2 is 1.60 bits per heavy atom. The lowest BCUT2D eigenvalue weighted by Crippen LogP contribution is -2.11. The third-order valence-corrected chi connectivity index (χ3v) is 4.89. The number of phenols is 1. The Kier molecular flexibility index (Phi) is 4.52. The number of carbonyl (C=O) groups is 1. The van der Waals surface area contributed by atoms with Crippen LogP contribution in [0.15, 0.2) is 33.1 Å². The van der Waals surface area contributed by atoms with Crippen LogP contribution in [0.3, 0.4) is 0 Å². The molecule has 0 radical (unpaired) electrons. The van der Waals surface area contributed by atoms with Crippen molar-refractivity contribution in [3.05, 3.63) is 18.2 Å². The Hall–Kier alpha value is -2.61. The molecule has 2 aromatic rings. The van der Waals surface area contributed by atoms with Crippen molar-refractivity contribution in [2.24, 2.45) is 5.11 Å². The molecule has 0 fully saturated rings. The van der Waals surface area contributed by atoms with Gasteiger partial charge in [-0.25, -0.2) is 5.53 Å². The van der Waals surface area contributed by atoms with Crippen LogP contribution < -0.4 is 5.32 Å². The zero-order valence-electron chi connectivity index (χ0n) is 12.4. The highest BCUT2D eigenvalue weighted by molar-refractivity contribution is 7.86. The zero-order valence-corrected chi connectivity index (χ0v) is 14.0. The second-order valence-corrected chi connectivity index (χ2v) is 7.66. The topological polar surface area (TPSA) is 194 Å². The molecule has 0 saturated carbocycles. The van der Waals surface area contributed by atoms with E-state index < -0.39 is 47.4 Å². The summed E-state index contributed by atoms with van der Waals surface area (Å²) in [5, 5.41) is 14.8. The summed E-state index contributed by atoms with van der Waals surface area (Å²) in [7, 11) is -9.71. The first-order valence-electron chi connectivity index (χ1n) is 6.30. The first-order valence-corrected chi connectivity index (χ1v) is 9.18. The maximum absolute atomic E-state index is 11.5. The van der Waals surface area contributed by atoms with Gasteiger partial charge in [0.25, 0.3) is 20.2 Å². The Bertz CT molecular complexity index is 1120. The van der Waals surface area contributed by atoms with E-state index in [0.717, 1.165) is 25.1 Å². The van der Waals surface area contributed by atoms with Crippen LogP contribution in [0.1, 0.15) is 6.92 Å². The molecule has 5 N–H and O–H groups in total. The molecular weight excluding hydrogens is 378 g/mol. The molecule has 0 aromatic heterocycles. The van der Waals surface area contributed by atoms with E-state index in [9.17, 15) is 35.8 Å². The lowest BCUT2D eigenvalue weighted by Gasteiger charge is -2.13. The summed E-state index contributed by atoms with van der Waals surface area (Å²) >= 11 is 0. The predicted molar refractivity (Wildman–Crippen MR) is 84.4 cm³/mol. The number of amides is 1. The van der Waals surface area contributed by atoms with E-state index in [2.05, 4.69) is 10.4 Å². The number of rotatable bonds is 4. The number of nitrogens with one attached hydrogen (secondary N) is 2. The molecule has 2 rings (SSSR count). The molecular formula is C12H11N3O8S2. The Balaban J connectivity index is 3.03. The summed E-state index contributed by atoms with van der Waals surface area (Å²) in [6, 6.07) is 2.51. The van der Waals surface area contributed by atoms with Gasteiger partial charge in [-0.1, -0.05) is 0 Å². The van der Waals surface area contributed by atoms with Crippen molar-refractivity contribution in [1.29, 1.82) is 5.53 Å². The van der Waals surface area contributed by atoms with Gasteiger partial charge in [-0.2, -0.15) is 21.9 Å². The molecule has 0 unspecified atom stereocenters. The van der Waals surface area contributed by atoms with Gasteiger partial charge in [0.2, 0.25) is 5.91 Å². The van der Waals surface area contributed by atoms with Gasteiger partial charge in [-0.05, 0) is 23.6 Å². The number of aromatic hydroxyl groups is 1. The summed E-state index contributed by atoms with van der Waals surface area (Å²) in [6.45, 7) is 1.07. The summed E-state index contributed by atoms with van der Waals surface area (Å²) in [5.41, 5.74) is 5.82. The normalized spacial score (nSPS) is 12.1. The van der Waals surface area contributed by atoms with Crippen molar-refractivity contribution >= 4 is 48.3 Å². The maximum atomic E-state index is 11.5. The van der Waals surface area contributed by atoms with E-state index in [4.69, 9.17) is 5.53 Å². The van der Waals surface area contributed by atoms with E-state index in [0.29, 0.717) is 0 Å². The molecule has 134 valence electrons. The van der Waals surface area contributed by atoms with Crippen molar-refractivity contribution in [2.75, 3.05) is 5.32 Å². The van der Waals surface area contributed by atoms with Crippen LogP contribution in [0, 0.1) is 5.53 Å². The van der Waals surface area contributed by atoms with Gasteiger partial charge < -0.3 is 10.4 Å². The van der Waals surface area contributed by atoms with E-state index in [1.807, 2.05) is 0 Å². The highest BCUT2D eigenvalue weighted by atomic mass is 32.2. The van der Waals surface area contributed by atoms with Gasteiger partial charge >= 0.3 is 0 Å². The molecule has 0 bridgehead atoms. The van der Waals surface area contributed by atoms with Gasteiger partial charge in [0.15, 0.2) is 5.75 Å². The van der Waals surface area contributed by atoms with Crippen LogP contribution >= 0.6 is 0 Å². The molecule has 0 aliphatic heterocycles. The first-order chi connectivity index (χ1) is 11.4. The molecule has 2 aromatic carbocycles. The van der Waals surface area contributed by atoms with Gasteiger partial charge in [-0.3, -0.25) is 13.9 Å². The van der Waals surface area contributed by atoms with Crippen molar-refractivity contribution in [3.63, 3.8) is 0 Å². The van der Waals surface area contributed by atoms with Gasteiger partial charge in [0.1, 0.15) is 15.5 Å². The lowest BCUT2D eigenvalue weighted by molar-refractivity contribution is -0.114. The molecule has 0 spiro atoms. The van der Waals surface area contributed by atoms with Gasteiger partial charge in [-0.15, -0.1) is 0 Å². The minimum Gasteiger partial charge on any atom is -0.505 e. The molecule has 0 atom stereocenters. The SMILES string of the molecule is CC(=O)Nc1cc2c(O)c(N=N)c(S(=O)(=O)O)cc2cc1S(=O)(=O)O. The maximum Gasteiger partial charge on any atom is 0.296 e. The summed E-state index contributed by atoms with van der Waals surface area (Å²) in [5.74, 6) is -1.52. The molecule has 0 aliphatic rings. The fourth-order valence-electron chi connectivity index (χ4n) is 2.18. The fourth-order valence-corrected chi connectivity index (χ4v) is 3.51. The van der Waals surface area contributed by atoms with Crippen LogP contribution in [-0.4, -0.2) is 37.0 Å². The average molecular weight is 389 g/mol. The fraction of sp³-hybridized carbons (Fsp3) is 0.0833. The third kappa shape index (κ3) is 3.58. The quantitative estimate of drug-likeness (QED) is 0.384. The van der Waals surface area contributed by atoms with E-state index in [1.54, 1.807) is 0 Å². The molecule has 13 heteroatoms. The zero-order chi connectivity index (χ0) is 19.2. The van der Waals surface area contributed by atoms with Crippen LogP contribution in [0.25, 0.3) is 10.8 Å². The Labute approximate surface area is 141 Å². The number of nitrogens with zero attached hydrogens (tertiary/aromatic N) is 1. The smallest absolute Gasteiger partial charge is 0.296 e. The summed E-state index contributed by atoms with van der Waals surface area (Å²) in [6.07, 6.45) is 0. The monoisotopic (exact) mass is 389 g/mol. The molecule has 0 aliphatic carbocycles. The van der Waals surface area contributed by atoms with Crippen LogP contribution in [-0.2, 0) is 25.0 Å². The van der Waals surface area contributed by atoms with Gasteiger partial charge in [0, 0.05) is 12.3 Å².